The zero-order valence-electron chi connectivity index (χ0n) is 16.9. The zero-order chi connectivity index (χ0) is 20.1. The molecule has 0 radical (unpaired) electrons. The Morgan fingerprint density at radius 2 is 1.93 bits per heavy atom. The molecule has 0 spiro atoms. The van der Waals surface area contributed by atoms with Crippen LogP contribution in [0.5, 0.6) is 0 Å². The second-order valence-electron chi connectivity index (χ2n) is 7.04. The number of esters is 1. The van der Waals surface area contributed by atoms with Crippen LogP contribution in [0.25, 0.3) is 0 Å². The average Bonchev–Trinajstić information content (AvgIpc) is 3.43. The van der Waals surface area contributed by atoms with Crippen molar-refractivity contribution in [3.8, 4) is 0 Å². The number of aromatic nitrogens is 1. The lowest BCUT2D eigenvalue weighted by atomic mass is 9.99. The number of nitrogens with one attached hydrogen (secondary N) is 1. The van der Waals surface area contributed by atoms with Crippen LogP contribution in [0.15, 0.2) is 0 Å². The van der Waals surface area contributed by atoms with E-state index >= 15 is 0 Å². The fraction of sp³-hybridized carbons (Fsp3) is 0.650. The third-order valence-electron chi connectivity index (χ3n) is 4.97. The van der Waals surface area contributed by atoms with Gasteiger partial charge in [-0.3, -0.25) is 9.59 Å². The Kier molecular flexibility index (Phi) is 7.18. The number of rotatable bonds is 10. The molecular weight excluding hydrogens is 348 g/mol. The molecule has 2 rings (SSSR count). The van der Waals surface area contributed by atoms with E-state index in [1.54, 1.807) is 39.7 Å². The second-order valence-corrected chi connectivity index (χ2v) is 7.04. The van der Waals surface area contributed by atoms with Crippen LogP contribution in [-0.4, -0.2) is 60.5 Å². The van der Waals surface area contributed by atoms with Gasteiger partial charge in [0.15, 0.2) is 5.78 Å². The van der Waals surface area contributed by atoms with E-state index in [0.29, 0.717) is 42.1 Å². The van der Waals surface area contributed by atoms with Gasteiger partial charge in [-0.1, -0.05) is 0 Å². The van der Waals surface area contributed by atoms with E-state index in [9.17, 15) is 14.4 Å². The van der Waals surface area contributed by atoms with Gasteiger partial charge in [0.2, 0.25) is 5.91 Å². The summed E-state index contributed by atoms with van der Waals surface area (Å²) in [5, 5.41) is 0. The number of amides is 1. The van der Waals surface area contributed by atoms with Crippen molar-refractivity contribution in [3.63, 3.8) is 0 Å². The van der Waals surface area contributed by atoms with Gasteiger partial charge in [-0.05, 0) is 52.5 Å². The Labute approximate surface area is 160 Å². The maximum Gasteiger partial charge on any atom is 0.355 e. The summed E-state index contributed by atoms with van der Waals surface area (Å²) in [5.41, 5.74) is 1.94. The van der Waals surface area contributed by atoms with Crippen molar-refractivity contribution in [3.05, 3.63) is 22.5 Å². The van der Waals surface area contributed by atoms with E-state index in [0.717, 1.165) is 12.8 Å². The molecule has 1 aliphatic carbocycles. The molecule has 0 aromatic carbocycles. The minimum atomic E-state index is -0.599. The van der Waals surface area contributed by atoms with Crippen LogP contribution in [-0.2, 0) is 14.3 Å². The Balaban J connectivity index is 2.25. The van der Waals surface area contributed by atoms with Gasteiger partial charge >= 0.3 is 5.97 Å². The SMILES string of the molecule is CCOC(=O)c1[nH]c(C)c(C(=O)[C@H](C)N(CCCOC)C(=O)C2CC2)c1C. The number of aromatic amines is 1. The number of hydrogen-bond donors (Lipinski definition) is 1. The van der Waals surface area contributed by atoms with Gasteiger partial charge < -0.3 is 19.4 Å². The molecule has 1 aromatic heterocycles. The standard InChI is InChI=1S/C20H30N2O5/c1-6-27-20(25)17-12(2)16(13(3)21-17)18(23)14(4)22(10-7-11-26-5)19(24)15-8-9-15/h14-15,21H,6-11H2,1-5H3/t14-/m0/s1. The maximum atomic E-state index is 13.2. The van der Waals surface area contributed by atoms with E-state index in [4.69, 9.17) is 9.47 Å². The van der Waals surface area contributed by atoms with Gasteiger partial charge in [-0.2, -0.15) is 0 Å². The Bertz CT molecular complexity index is 705. The number of methoxy groups -OCH3 is 1. The van der Waals surface area contributed by atoms with Crippen molar-refractivity contribution in [2.24, 2.45) is 5.92 Å². The highest BCUT2D eigenvalue weighted by atomic mass is 16.5. The Morgan fingerprint density at radius 1 is 1.26 bits per heavy atom. The number of H-pyrrole nitrogens is 1. The van der Waals surface area contributed by atoms with Crippen molar-refractivity contribution >= 4 is 17.7 Å². The normalized spacial score (nSPS) is 14.7. The molecule has 1 fully saturated rings. The van der Waals surface area contributed by atoms with Crippen LogP contribution in [0, 0.1) is 19.8 Å². The van der Waals surface area contributed by atoms with Gasteiger partial charge in [0.05, 0.1) is 12.6 Å². The number of carbonyl (C=O) groups excluding carboxylic acids is 3. The smallest absolute Gasteiger partial charge is 0.355 e. The van der Waals surface area contributed by atoms with Gasteiger partial charge in [0.25, 0.3) is 0 Å². The van der Waals surface area contributed by atoms with Gasteiger partial charge in [-0.15, -0.1) is 0 Å². The van der Waals surface area contributed by atoms with E-state index in [1.165, 1.54) is 0 Å². The molecule has 0 saturated heterocycles. The number of nitrogens with zero attached hydrogens (tertiary/aromatic N) is 1. The first-order valence-corrected chi connectivity index (χ1v) is 9.53. The lowest BCUT2D eigenvalue weighted by Gasteiger charge is -2.29. The first-order valence-electron chi connectivity index (χ1n) is 9.53. The molecule has 1 atom stereocenters. The van der Waals surface area contributed by atoms with Crippen molar-refractivity contribution in [1.82, 2.24) is 9.88 Å². The van der Waals surface area contributed by atoms with E-state index < -0.39 is 12.0 Å². The molecule has 7 heteroatoms. The second kappa shape index (κ2) is 9.17. The van der Waals surface area contributed by atoms with Crippen LogP contribution in [0.1, 0.15) is 65.2 Å². The number of hydrogen-bond acceptors (Lipinski definition) is 5. The molecule has 1 heterocycles. The Morgan fingerprint density at radius 3 is 2.48 bits per heavy atom. The molecule has 1 amide bonds. The largest absolute Gasteiger partial charge is 0.461 e. The number of carbonyl (C=O) groups is 3. The van der Waals surface area contributed by atoms with Crippen LogP contribution < -0.4 is 0 Å². The van der Waals surface area contributed by atoms with Crippen LogP contribution in [0.4, 0.5) is 0 Å². The van der Waals surface area contributed by atoms with Crippen LogP contribution >= 0.6 is 0 Å². The molecule has 0 bridgehead atoms. The number of ketones is 1. The van der Waals surface area contributed by atoms with Gasteiger partial charge in [-0.25, -0.2) is 4.79 Å². The molecule has 0 unspecified atom stereocenters. The summed E-state index contributed by atoms with van der Waals surface area (Å²) < 4.78 is 10.1. The van der Waals surface area contributed by atoms with Crippen molar-refractivity contribution < 1.29 is 23.9 Å². The first kappa shape index (κ1) is 21.2. The predicted molar refractivity (Wildman–Crippen MR) is 101 cm³/mol. The van der Waals surface area contributed by atoms with E-state index in [2.05, 4.69) is 4.98 Å². The van der Waals surface area contributed by atoms with Crippen molar-refractivity contribution in [1.29, 1.82) is 0 Å². The van der Waals surface area contributed by atoms with E-state index in [-0.39, 0.29) is 24.2 Å². The minimum Gasteiger partial charge on any atom is -0.461 e. The zero-order valence-corrected chi connectivity index (χ0v) is 16.9. The summed E-state index contributed by atoms with van der Waals surface area (Å²) >= 11 is 0. The highest BCUT2D eigenvalue weighted by Crippen LogP contribution is 2.32. The third-order valence-corrected chi connectivity index (χ3v) is 4.97. The molecule has 0 aliphatic heterocycles. The highest BCUT2D eigenvalue weighted by Gasteiger charge is 2.38. The fourth-order valence-electron chi connectivity index (χ4n) is 3.32. The van der Waals surface area contributed by atoms with Crippen LogP contribution in [0.2, 0.25) is 0 Å². The van der Waals surface area contributed by atoms with Gasteiger partial charge in [0.1, 0.15) is 5.69 Å². The highest BCUT2D eigenvalue weighted by molar-refractivity contribution is 6.06. The molecular formula is C20H30N2O5. The van der Waals surface area contributed by atoms with Crippen LogP contribution in [0.3, 0.4) is 0 Å². The van der Waals surface area contributed by atoms with Crippen molar-refractivity contribution in [2.45, 2.75) is 53.0 Å². The number of ether oxygens (including phenoxy) is 2. The topological polar surface area (TPSA) is 88.7 Å². The predicted octanol–water partition coefficient (Wildman–Crippen LogP) is 2.65. The molecule has 1 aromatic rings. The quantitative estimate of drug-likeness (QED) is 0.384. The molecule has 1 saturated carbocycles. The summed E-state index contributed by atoms with van der Waals surface area (Å²) in [6.07, 6.45) is 2.44. The lowest BCUT2D eigenvalue weighted by molar-refractivity contribution is -0.134. The number of Topliss-reactive ketones (excluding diaryl/α,β-unsaturated/α-hetero) is 1. The summed E-state index contributed by atoms with van der Waals surface area (Å²) in [6, 6.07) is -0.599. The third kappa shape index (κ3) is 4.77. The molecule has 1 aliphatic rings. The summed E-state index contributed by atoms with van der Waals surface area (Å²) in [5.74, 6) is -0.575. The lowest BCUT2D eigenvalue weighted by Crippen LogP contribution is -2.45. The molecule has 7 nitrogen and oxygen atoms in total. The van der Waals surface area contributed by atoms with Gasteiger partial charge in [0, 0.05) is 37.4 Å². The first-order chi connectivity index (χ1) is 12.8. The molecule has 150 valence electrons. The average molecular weight is 378 g/mol. The summed E-state index contributed by atoms with van der Waals surface area (Å²) in [4.78, 5) is 42.6. The fourth-order valence-corrected chi connectivity index (χ4v) is 3.32. The summed E-state index contributed by atoms with van der Waals surface area (Å²) in [6.45, 7) is 8.25. The molecule has 1 N–H and O–H groups in total. The summed E-state index contributed by atoms with van der Waals surface area (Å²) in [7, 11) is 1.62. The Hall–Kier alpha value is -2.15. The van der Waals surface area contributed by atoms with Crippen molar-refractivity contribution in [2.75, 3.05) is 26.9 Å². The van der Waals surface area contributed by atoms with E-state index in [1.807, 2.05) is 0 Å². The number of aryl methyl sites for hydroxylation is 1. The maximum absolute atomic E-state index is 13.2. The monoisotopic (exact) mass is 378 g/mol. The molecule has 27 heavy (non-hydrogen) atoms. The minimum absolute atomic E-state index is 0.0309.